The summed E-state index contributed by atoms with van der Waals surface area (Å²) in [6, 6.07) is 5.61. The molecule has 1 atom stereocenters. The van der Waals surface area contributed by atoms with Gasteiger partial charge >= 0.3 is 0 Å². The first kappa shape index (κ1) is 15.8. The van der Waals surface area contributed by atoms with E-state index < -0.39 is 0 Å². The zero-order valence-corrected chi connectivity index (χ0v) is 13.3. The molecule has 1 fully saturated rings. The van der Waals surface area contributed by atoms with Gasteiger partial charge in [0.25, 0.3) is 0 Å². The molecule has 0 N–H and O–H groups in total. The second-order valence-corrected chi connectivity index (χ2v) is 5.59. The fraction of sp³-hybridized carbons (Fsp3) is 0.562. The third kappa shape index (κ3) is 3.74. The maximum absolute atomic E-state index is 12.5. The fourth-order valence-corrected chi connectivity index (χ4v) is 2.66. The molecule has 1 aliphatic rings. The van der Waals surface area contributed by atoms with Gasteiger partial charge in [0.05, 0.1) is 14.2 Å². The number of likely N-dealkylation sites (N-methyl/N-ethyl adjacent to an activating group) is 2. The summed E-state index contributed by atoms with van der Waals surface area (Å²) in [5.41, 5.74) is 0.675. The summed E-state index contributed by atoms with van der Waals surface area (Å²) in [6.45, 7) is 2.98. The second-order valence-electron chi connectivity index (χ2n) is 5.59. The minimum atomic E-state index is 0.142. The molecule has 0 spiro atoms. The Labute approximate surface area is 126 Å². The van der Waals surface area contributed by atoms with Crippen LogP contribution in [-0.4, -0.2) is 69.6 Å². The van der Waals surface area contributed by atoms with Crippen molar-refractivity contribution in [2.24, 2.45) is 0 Å². The molecular formula is C16H24N2O3. The van der Waals surface area contributed by atoms with Gasteiger partial charge in [0.2, 0.25) is 0 Å². The van der Waals surface area contributed by atoms with Crippen molar-refractivity contribution in [1.29, 1.82) is 0 Å². The van der Waals surface area contributed by atoms with Crippen LogP contribution < -0.4 is 9.47 Å². The van der Waals surface area contributed by atoms with E-state index in [1.807, 2.05) is 0 Å². The lowest BCUT2D eigenvalue weighted by Crippen LogP contribution is -2.50. The van der Waals surface area contributed by atoms with Crippen LogP contribution >= 0.6 is 0 Å². The van der Waals surface area contributed by atoms with Crippen LogP contribution in [0.5, 0.6) is 11.5 Å². The number of hydrogen-bond acceptors (Lipinski definition) is 5. The van der Waals surface area contributed by atoms with Crippen LogP contribution in [-0.2, 0) is 0 Å². The molecule has 1 heterocycles. The Hall–Kier alpha value is -1.59. The summed E-state index contributed by atoms with van der Waals surface area (Å²) >= 11 is 0. The number of methoxy groups -OCH3 is 2. The van der Waals surface area contributed by atoms with Crippen LogP contribution in [0.25, 0.3) is 0 Å². The van der Waals surface area contributed by atoms with Crippen molar-refractivity contribution >= 4 is 5.78 Å². The number of Topliss-reactive ketones (excluding diaryl/α,β-unsaturated/α-hetero) is 1. The monoisotopic (exact) mass is 292 g/mol. The third-order valence-corrected chi connectivity index (χ3v) is 4.11. The minimum absolute atomic E-state index is 0.142. The van der Waals surface area contributed by atoms with E-state index in [0.29, 0.717) is 23.5 Å². The SMILES string of the molecule is COc1ccc(C(=O)CC2CN(C)CCN2C)cc1OC. The molecule has 0 aromatic heterocycles. The molecule has 0 radical (unpaired) electrons. The maximum Gasteiger partial charge on any atom is 0.164 e. The Morgan fingerprint density at radius 3 is 2.57 bits per heavy atom. The first-order valence-corrected chi connectivity index (χ1v) is 7.19. The highest BCUT2D eigenvalue weighted by molar-refractivity contribution is 5.97. The van der Waals surface area contributed by atoms with Crippen molar-refractivity contribution in [1.82, 2.24) is 9.80 Å². The highest BCUT2D eigenvalue weighted by Gasteiger charge is 2.25. The maximum atomic E-state index is 12.5. The van der Waals surface area contributed by atoms with Gasteiger partial charge in [-0.15, -0.1) is 0 Å². The smallest absolute Gasteiger partial charge is 0.164 e. The largest absolute Gasteiger partial charge is 0.493 e. The van der Waals surface area contributed by atoms with Gasteiger partial charge < -0.3 is 19.3 Å². The normalized spacial score (nSPS) is 20.3. The quantitative estimate of drug-likeness (QED) is 0.770. The lowest BCUT2D eigenvalue weighted by Gasteiger charge is -2.37. The van der Waals surface area contributed by atoms with Crippen LogP contribution in [0, 0.1) is 0 Å². The lowest BCUT2D eigenvalue weighted by atomic mass is 10.0. The summed E-state index contributed by atoms with van der Waals surface area (Å²) < 4.78 is 10.5. The summed E-state index contributed by atoms with van der Waals surface area (Å²) in [6.07, 6.45) is 0.524. The zero-order chi connectivity index (χ0) is 15.4. The van der Waals surface area contributed by atoms with Crippen molar-refractivity contribution in [3.8, 4) is 11.5 Å². The minimum Gasteiger partial charge on any atom is -0.493 e. The van der Waals surface area contributed by atoms with E-state index in [9.17, 15) is 4.79 Å². The number of ether oxygens (including phenoxy) is 2. The van der Waals surface area contributed by atoms with E-state index >= 15 is 0 Å². The molecule has 0 bridgehead atoms. The number of rotatable bonds is 5. The predicted octanol–water partition coefficient (Wildman–Crippen LogP) is 1.52. The molecule has 2 rings (SSSR count). The summed E-state index contributed by atoms with van der Waals surface area (Å²) in [5.74, 6) is 1.38. The molecule has 21 heavy (non-hydrogen) atoms. The van der Waals surface area contributed by atoms with E-state index in [-0.39, 0.29) is 11.8 Å². The zero-order valence-electron chi connectivity index (χ0n) is 13.3. The van der Waals surface area contributed by atoms with Gasteiger partial charge in [-0.05, 0) is 32.3 Å². The molecule has 1 unspecified atom stereocenters. The molecule has 0 aliphatic carbocycles. The van der Waals surface area contributed by atoms with E-state index in [0.717, 1.165) is 19.6 Å². The standard InChI is InChI=1S/C16H24N2O3/c1-17-7-8-18(2)13(11-17)10-14(19)12-5-6-15(20-3)16(9-12)21-4/h5-6,9,13H,7-8,10-11H2,1-4H3. The van der Waals surface area contributed by atoms with Gasteiger partial charge in [-0.2, -0.15) is 0 Å². The first-order chi connectivity index (χ1) is 10.0. The number of benzene rings is 1. The Bertz CT molecular complexity index is 504. The van der Waals surface area contributed by atoms with Crippen LogP contribution in [0.2, 0.25) is 0 Å². The molecule has 0 saturated carbocycles. The van der Waals surface area contributed by atoms with Crippen LogP contribution in [0.15, 0.2) is 18.2 Å². The molecule has 0 amide bonds. The van der Waals surface area contributed by atoms with E-state index in [4.69, 9.17) is 9.47 Å². The first-order valence-electron chi connectivity index (χ1n) is 7.19. The number of piperazine rings is 1. The topological polar surface area (TPSA) is 42.0 Å². The molecule has 5 heteroatoms. The lowest BCUT2D eigenvalue weighted by molar-refractivity contribution is 0.0810. The average molecular weight is 292 g/mol. The van der Waals surface area contributed by atoms with Crippen LogP contribution in [0.3, 0.4) is 0 Å². The number of carbonyl (C=O) groups is 1. The Kier molecular flexibility index (Phi) is 5.20. The average Bonchev–Trinajstić information content (AvgIpc) is 2.50. The third-order valence-electron chi connectivity index (χ3n) is 4.11. The number of carbonyl (C=O) groups excluding carboxylic acids is 1. The Morgan fingerprint density at radius 2 is 1.90 bits per heavy atom. The Balaban J connectivity index is 2.09. The van der Waals surface area contributed by atoms with Gasteiger partial charge in [0, 0.05) is 37.7 Å². The summed E-state index contributed by atoms with van der Waals surface area (Å²) in [5, 5.41) is 0. The van der Waals surface area contributed by atoms with Crippen LogP contribution in [0.1, 0.15) is 16.8 Å². The second kappa shape index (κ2) is 6.91. The van der Waals surface area contributed by atoms with Gasteiger partial charge in [-0.3, -0.25) is 4.79 Å². The summed E-state index contributed by atoms with van der Waals surface area (Å²) in [7, 11) is 7.35. The molecule has 1 saturated heterocycles. The van der Waals surface area contributed by atoms with E-state index in [1.54, 1.807) is 32.4 Å². The van der Waals surface area contributed by atoms with Gasteiger partial charge in [0.1, 0.15) is 0 Å². The molecule has 1 aromatic carbocycles. The van der Waals surface area contributed by atoms with Gasteiger partial charge in [-0.1, -0.05) is 0 Å². The number of nitrogens with zero attached hydrogens (tertiary/aromatic N) is 2. The van der Waals surface area contributed by atoms with Gasteiger partial charge in [-0.25, -0.2) is 0 Å². The molecular weight excluding hydrogens is 268 g/mol. The fourth-order valence-electron chi connectivity index (χ4n) is 2.66. The van der Waals surface area contributed by atoms with Crippen molar-refractivity contribution in [3.05, 3.63) is 23.8 Å². The van der Waals surface area contributed by atoms with Crippen molar-refractivity contribution in [2.45, 2.75) is 12.5 Å². The Morgan fingerprint density at radius 1 is 1.19 bits per heavy atom. The highest BCUT2D eigenvalue weighted by Crippen LogP contribution is 2.28. The van der Waals surface area contributed by atoms with Crippen molar-refractivity contribution < 1.29 is 14.3 Å². The number of hydrogen-bond donors (Lipinski definition) is 0. The molecule has 5 nitrogen and oxygen atoms in total. The van der Waals surface area contributed by atoms with Gasteiger partial charge in [0.15, 0.2) is 17.3 Å². The van der Waals surface area contributed by atoms with Crippen LogP contribution in [0.4, 0.5) is 0 Å². The van der Waals surface area contributed by atoms with E-state index in [1.165, 1.54) is 0 Å². The predicted molar refractivity (Wildman–Crippen MR) is 82.4 cm³/mol. The van der Waals surface area contributed by atoms with E-state index in [2.05, 4.69) is 23.9 Å². The molecule has 1 aliphatic heterocycles. The molecule has 1 aromatic rings. The molecule has 116 valence electrons. The summed E-state index contributed by atoms with van der Waals surface area (Å²) in [4.78, 5) is 17.0. The number of ketones is 1. The van der Waals surface area contributed by atoms with Crippen molar-refractivity contribution in [3.63, 3.8) is 0 Å². The van der Waals surface area contributed by atoms with Crippen molar-refractivity contribution in [2.75, 3.05) is 47.9 Å². The highest BCUT2D eigenvalue weighted by atomic mass is 16.5.